The van der Waals surface area contributed by atoms with Gasteiger partial charge in [0.25, 0.3) is 0 Å². The second-order valence-corrected chi connectivity index (χ2v) is 1.90. The monoisotopic (exact) mass is 157 g/mol. The van der Waals surface area contributed by atoms with Gasteiger partial charge in [-0.15, -0.1) is 5.06 Å². The standard InChI is InChI=1S/C6H7NO4/c1-5(8)11-7-3-2-4-10-6(7)9/h2,4H,3H2,1H3. The summed E-state index contributed by atoms with van der Waals surface area (Å²) in [6.07, 6.45) is 2.13. The van der Waals surface area contributed by atoms with Crippen LogP contribution in [0.2, 0.25) is 0 Å². The van der Waals surface area contributed by atoms with Crippen molar-refractivity contribution in [1.82, 2.24) is 5.06 Å². The van der Waals surface area contributed by atoms with Crippen LogP contribution in [0.1, 0.15) is 6.92 Å². The fraction of sp³-hybridized carbons (Fsp3) is 0.333. The molecule has 0 atom stereocenters. The lowest BCUT2D eigenvalue weighted by molar-refractivity contribution is -0.176. The number of hydrogen-bond donors (Lipinski definition) is 0. The van der Waals surface area contributed by atoms with Crippen LogP contribution in [0.4, 0.5) is 4.79 Å². The Bertz CT molecular complexity index is 211. The molecule has 1 rings (SSSR count). The van der Waals surface area contributed by atoms with E-state index < -0.39 is 12.1 Å². The van der Waals surface area contributed by atoms with Crippen LogP contribution in [0.25, 0.3) is 0 Å². The maximum atomic E-state index is 10.7. The van der Waals surface area contributed by atoms with E-state index in [0.29, 0.717) is 0 Å². The molecule has 1 aliphatic rings. The smallest absolute Gasteiger partial charge is 0.416 e. The van der Waals surface area contributed by atoms with Crippen molar-refractivity contribution < 1.29 is 19.2 Å². The molecule has 0 spiro atoms. The van der Waals surface area contributed by atoms with Crippen molar-refractivity contribution in [2.24, 2.45) is 0 Å². The van der Waals surface area contributed by atoms with Crippen LogP contribution in [-0.2, 0) is 14.4 Å². The maximum Gasteiger partial charge on any atom is 0.448 e. The zero-order valence-corrected chi connectivity index (χ0v) is 5.94. The van der Waals surface area contributed by atoms with Gasteiger partial charge in [0, 0.05) is 6.92 Å². The van der Waals surface area contributed by atoms with E-state index in [9.17, 15) is 9.59 Å². The number of amides is 1. The number of carbonyl (C=O) groups is 2. The molecule has 5 nitrogen and oxygen atoms in total. The van der Waals surface area contributed by atoms with E-state index in [1.807, 2.05) is 0 Å². The van der Waals surface area contributed by atoms with Gasteiger partial charge in [0.2, 0.25) is 0 Å². The SMILES string of the molecule is CC(=O)ON1CC=COC1=O. The maximum absolute atomic E-state index is 10.7. The van der Waals surface area contributed by atoms with Crippen LogP contribution >= 0.6 is 0 Å². The lowest BCUT2D eigenvalue weighted by Gasteiger charge is -2.19. The molecule has 5 heteroatoms. The van der Waals surface area contributed by atoms with E-state index in [1.165, 1.54) is 13.2 Å². The van der Waals surface area contributed by atoms with E-state index in [0.717, 1.165) is 5.06 Å². The summed E-state index contributed by atoms with van der Waals surface area (Å²) in [5.74, 6) is -0.544. The molecule has 0 fully saturated rings. The van der Waals surface area contributed by atoms with Gasteiger partial charge in [0.1, 0.15) is 0 Å². The Morgan fingerprint density at radius 1 is 1.82 bits per heavy atom. The highest BCUT2D eigenvalue weighted by Gasteiger charge is 2.18. The molecule has 0 saturated heterocycles. The van der Waals surface area contributed by atoms with E-state index >= 15 is 0 Å². The third-order valence-electron chi connectivity index (χ3n) is 0.979. The molecule has 0 bridgehead atoms. The topological polar surface area (TPSA) is 55.8 Å². The summed E-state index contributed by atoms with van der Waals surface area (Å²) >= 11 is 0. The van der Waals surface area contributed by atoms with Crippen LogP contribution in [0, 0.1) is 0 Å². The van der Waals surface area contributed by atoms with Gasteiger partial charge in [-0.1, -0.05) is 0 Å². The molecule has 60 valence electrons. The number of hydrogen-bond acceptors (Lipinski definition) is 4. The molecule has 1 amide bonds. The first-order chi connectivity index (χ1) is 5.20. The minimum absolute atomic E-state index is 0.235. The lowest BCUT2D eigenvalue weighted by Crippen LogP contribution is -2.34. The Labute approximate surface area is 63.1 Å². The van der Waals surface area contributed by atoms with Crippen molar-refractivity contribution in [2.75, 3.05) is 6.54 Å². The van der Waals surface area contributed by atoms with Gasteiger partial charge in [-0.05, 0) is 6.08 Å². The second-order valence-electron chi connectivity index (χ2n) is 1.90. The van der Waals surface area contributed by atoms with Crippen molar-refractivity contribution in [3.8, 4) is 0 Å². The van der Waals surface area contributed by atoms with Crippen molar-refractivity contribution in [2.45, 2.75) is 6.92 Å². The zero-order valence-electron chi connectivity index (χ0n) is 5.94. The Morgan fingerprint density at radius 2 is 2.55 bits per heavy atom. The summed E-state index contributed by atoms with van der Waals surface area (Å²) in [7, 11) is 0. The second kappa shape index (κ2) is 3.05. The van der Waals surface area contributed by atoms with Crippen LogP contribution in [0.3, 0.4) is 0 Å². The molecule has 0 aromatic rings. The number of rotatable bonds is 1. The third-order valence-corrected chi connectivity index (χ3v) is 0.979. The fourth-order valence-corrected chi connectivity index (χ4v) is 0.608. The largest absolute Gasteiger partial charge is 0.448 e. The predicted octanol–water partition coefficient (Wildman–Crippen LogP) is 0.430. The first-order valence-electron chi connectivity index (χ1n) is 3.02. The molecule has 0 N–H and O–H groups in total. The highest BCUT2D eigenvalue weighted by Crippen LogP contribution is 2.02. The van der Waals surface area contributed by atoms with E-state index in [2.05, 4.69) is 9.57 Å². The average molecular weight is 157 g/mol. The van der Waals surface area contributed by atoms with E-state index in [4.69, 9.17) is 0 Å². The molecule has 0 aliphatic carbocycles. The quantitative estimate of drug-likeness (QED) is 0.553. The van der Waals surface area contributed by atoms with Gasteiger partial charge in [-0.2, -0.15) is 0 Å². The van der Waals surface area contributed by atoms with Crippen molar-refractivity contribution >= 4 is 12.1 Å². The fourth-order valence-electron chi connectivity index (χ4n) is 0.608. The summed E-state index contributed by atoms with van der Waals surface area (Å²) < 4.78 is 4.42. The molecule has 1 aliphatic heterocycles. The Morgan fingerprint density at radius 3 is 3.09 bits per heavy atom. The Balaban J connectivity index is 2.51. The number of nitrogens with zero attached hydrogens (tertiary/aromatic N) is 1. The molecule has 0 aromatic carbocycles. The third kappa shape index (κ3) is 1.96. The van der Waals surface area contributed by atoms with Crippen molar-refractivity contribution in [3.05, 3.63) is 12.3 Å². The zero-order chi connectivity index (χ0) is 8.27. The summed E-state index contributed by atoms with van der Waals surface area (Å²) in [5, 5.41) is 0.836. The molecule has 0 radical (unpaired) electrons. The van der Waals surface area contributed by atoms with Crippen LogP contribution < -0.4 is 0 Å². The molecule has 1 heterocycles. The molecule has 0 aromatic heterocycles. The van der Waals surface area contributed by atoms with Crippen molar-refractivity contribution in [3.63, 3.8) is 0 Å². The highest BCUT2D eigenvalue weighted by molar-refractivity contribution is 5.72. The van der Waals surface area contributed by atoms with Crippen LogP contribution in [0.5, 0.6) is 0 Å². The van der Waals surface area contributed by atoms with Gasteiger partial charge in [-0.3, -0.25) is 4.79 Å². The predicted molar refractivity (Wildman–Crippen MR) is 34.1 cm³/mol. The normalized spacial score (nSPS) is 16.1. The van der Waals surface area contributed by atoms with E-state index in [1.54, 1.807) is 6.08 Å². The van der Waals surface area contributed by atoms with Gasteiger partial charge < -0.3 is 9.57 Å². The molecular formula is C6H7NO4. The Hall–Kier alpha value is -1.52. The first kappa shape index (κ1) is 7.59. The number of hydroxylamine groups is 2. The van der Waals surface area contributed by atoms with Crippen LogP contribution in [-0.4, -0.2) is 23.7 Å². The summed E-state index contributed by atoms with van der Waals surface area (Å²) in [6.45, 7) is 1.45. The summed E-state index contributed by atoms with van der Waals surface area (Å²) in [6, 6.07) is 0. The van der Waals surface area contributed by atoms with Gasteiger partial charge >= 0.3 is 12.1 Å². The Kier molecular flexibility index (Phi) is 2.10. The summed E-state index contributed by atoms with van der Waals surface area (Å²) in [5.41, 5.74) is 0. The highest BCUT2D eigenvalue weighted by atomic mass is 16.8. The average Bonchev–Trinajstić information content (AvgIpc) is 1.93. The minimum atomic E-state index is -0.678. The van der Waals surface area contributed by atoms with Gasteiger partial charge in [-0.25, -0.2) is 4.79 Å². The lowest BCUT2D eigenvalue weighted by atomic mass is 10.6. The van der Waals surface area contributed by atoms with E-state index in [-0.39, 0.29) is 6.54 Å². The first-order valence-corrected chi connectivity index (χ1v) is 3.02. The van der Waals surface area contributed by atoms with Crippen LogP contribution in [0.15, 0.2) is 12.3 Å². The molecule has 11 heavy (non-hydrogen) atoms. The number of ether oxygens (including phenoxy) is 1. The summed E-state index contributed by atoms with van der Waals surface area (Å²) in [4.78, 5) is 25.5. The van der Waals surface area contributed by atoms with Crippen molar-refractivity contribution in [1.29, 1.82) is 0 Å². The number of cyclic esters (lactones) is 1. The minimum Gasteiger partial charge on any atom is -0.416 e. The van der Waals surface area contributed by atoms with Gasteiger partial charge in [0.05, 0.1) is 12.8 Å². The molecule has 0 unspecified atom stereocenters. The molecular weight excluding hydrogens is 150 g/mol. The van der Waals surface area contributed by atoms with Gasteiger partial charge in [0.15, 0.2) is 0 Å². The number of carbonyl (C=O) groups excluding carboxylic acids is 2. The molecule has 0 saturated carbocycles.